The second kappa shape index (κ2) is 7.84. The van der Waals surface area contributed by atoms with Gasteiger partial charge in [0.2, 0.25) is 5.13 Å². The van der Waals surface area contributed by atoms with E-state index in [1.807, 2.05) is 4.68 Å². The number of tetrazole rings is 1. The minimum atomic E-state index is 0.304. The van der Waals surface area contributed by atoms with Crippen LogP contribution in [-0.2, 0) is 17.0 Å². The first-order valence-electron chi connectivity index (χ1n) is 7.42. The molecule has 0 radical (unpaired) electrons. The first-order chi connectivity index (χ1) is 10.8. The third kappa shape index (κ3) is 4.14. The maximum atomic E-state index is 5.58. The third-order valence-corrected chi connectivity index (χ3v) is 5.29. The zero-order chi connectivity index (χ0) is 15.2. The first-order valence-corrected chi connectivity index (χ1v) is 9.22. The Hall–Kier alpha value is -1.26. The summed E-state index contributed by atoms with van der Waals surface area (Å²) in [6.07, 6.45) is 3.58. The van der Waals surface area contributed by atoms with Crippen LogP contribution < -0.4 is 5.32 Å². The molecule has 0 saturated carbocycles. The van der Waals surface area contributed by atoms with Gasteiger partial charge in [0.15, 0.2) is 10.2 Å². The standard InChI is InChI=1S/C12H19N7OS2/c1-2-5-19-10(14-17-18-19)8-21-12-16-15-11(22-12)13-7-9-4-3-6-20-9/h9H,2-8H2,1H3,(H,13,15). The zero-order valence-electron chi connectivity index (χ0n) is 12.4. The number of anilines is 1. The van der Waals surface area contributed by atoms with E-state index in [0.717, 1.165) is 54.3 Å². The van der Waals surface area contributed by atoms with Gasteiger partial charge in [0.25, 0.3) is 0 Å². The molecule has 3 heterocycles. The molecule has 1 unspecified atom stereocenters. The number of rotatable bonds is 8. The monoisotopic (exact) mass is 341 g/mol. The van der Waals surface area contributed by atoms with E-state index in [2.05, 4.69) is 38.0 Å². The second-order valence-electron chi connectivity index (χ2n) is 5.00. The molecule has 1 N–H and O–H groups in total. The van der Waals surface area contributed by atoms with Crippen LogP contribution in [-0.4, -0.2) is 49.7 Å². The number of hydrogen-bond acceptors (Lipinski definition) is 9. The van der Waals surface area contributed by atoms with Gasteiger partial charge in [-0.15, -0.1) is 15.3 Å². The van der Waals surface area contributed by atoms with E-state index in [1.165, 1.54) is 0 Å². The van der Waals surface area contributed by atoms with Crippen LogP contribution in [0.1, 0.15) is 32.0 Å². The molecule has 3 rings (SSSR count). The smallest absolute Gasteiger partial charge is 0.206 e. The van der Waals surface area contributed by atoms with Crippen LogP contribution in [0, 0.1) is 0 Å². The van der Waals surface area contributed by atoms with Crippen molar-refractivity contribution in [2.24, 2.45) is 0 Å². The molecule has 8 nitrogen and oxygen atoms in total. The minimum absolute atomic E-state index is 0.304. The van der Waals surface area contributed by atoms with Crippen molar-refractivity contribution >= 4 is 28.2 Å². The Labute approximate surface area is 137 Å². The molecule has 1 aliphatic rings. The van der Waals surface area contributed by atoms with Crippen molar-refractivity contribution in [1.29, 1.82) is 0 Å². The van der Waals surface area contributed by atoms with E-state index in [4.69, 9.17) is 4.74 Å². The largest absolute Gasteiger partial charge is 0.376 e. The van der Waals surface area contributed by atoms with Crippen LogP contribution in [0.4, 0.5) is 5.13 Å². The summed E-state index contributed by atoms with van der Waals surface area (Å²) in [5.41, 5.74) is 0. The lowest BCUT2D eigenvalue weighted by atomic mass is 10.2. The van der Waals surface area contributed by atoms with Gasteiger partial charge in [0, 0.05) is 19.7 Å². The molecule has 22 heavy (non-hydrogen) atoms. The summed E-state index contributed by atoms with van der Waals surface area (Å²) < 4.78 is 8.33. The minimum Gasteiger partial charge on any atom is -0.376 e. The van der Waals surface area contributed by atoms with Crippen LogP contribution in [0.5, 0.6) is 0 Å². The predicted octanol–water partition coefficient (Wildman–Crippen LogP) is 1.82. The van der Waals surface area contributed by atoms with Gasteiger partial charge in [-0.25, -0.2) is 4.68 Å². The molecule has 1 saturated heterocycles. The molecule has 1 fully saturated rings. The van der Waals surface area contributed by atoms with Crippen LogP contribution in [0.25, 0.3) is 0 Å². The van der Waals surface area contributed by atoms with Crippen molar-refractivity contribution in [1.82, 2.24) is 30.4 Å². The van der Waals surface area contributed by atoms with Gasteiger partial charge in [0.1, 0.15) is 0 Å². The van der Waals surface area contributed by atoms with Gasteiger partial charge in [-0.2, -0.15) is 0 Å². The molecular formula is C12H19N7OS2. The molecule has 0 amide bonds. The molecule has 2 aromatic rings. The molecule has 0 aliphatic carbocycles. The van der Waals surface area contributed by atoms with E-state index < -0.39 is 0 Å². The highest BCUT2D eigenvalue weighted by molar-refractivity contribution is 8.00. The summed E-state index contributed by atoms with van der Waals surface area (Å²) in [6, 6.07) is 0. The SMILES string of the molecule is CCCn1nnnc1CSc1nnc(NCC2CCCO2)s1. The van der Waals surface area contributed by atoms with Crippen molar-refractivity contribution in [3.63, 3.8) is 0 Å². The molecule has 2 aromatic heterocycles. The number of hydrogen-bond donors (Lipinski definition) is 1. The maximum absolute atomic E-state index is 5.58. The number of aromatic nitrogens is 6. The summed E-state index contributed by atoms with van der Waals surface area (Å²) in [7, 11) is 0. The Kier molecular flexibility index (Phi) is 5.57. The fourth-order valence-electron chi connectivity index (χ4n) is 2.18. The molecule has 0 aromatic carbocycles. The first kappa shape index (κ1) is 15.6. The fourth-order valence-corrected chi connectivity index (χ4v) is 3.88. The van der Waals surface area contributed by atoms with Gasteiger partial charge < -0.3 is 10.1 Å². The van der Waals surface area contributed by atoms with Crippen molar-refractivity contribution in [3.05, 3.63) is 5.82 Å². The van der Waals surface area contributed by atoms with E-state index >= 15 is 0 Å². The van der Waals surface area contributed by atoms with Gasteiger partial charge in [-0.1, -0.05) is 30.0 Å². The highest BCUT2D eigenvalue weighted by atomic mass is 32.2. The molecule has 1 aliphatic heterocycles. The van der Waals surface area contributed by atoms with Crippen LogP contribution >= 0.6 is 23.1 Å². The Morgan fingerprint density at radius 3 is 3.18 bits per heavy atom. The average molecular weight is 341 g/mol. The van der Waals surface area contributed by atoms with E-state index in [-0.39, 0.29) is 0 Å². The summed E-state index contributed by atoms with van der Waals surface area (Å²) in [5, 5.41) is 24.2. The highest BCUT2D eigenvalue weighted by Gasteiger charge is 2.16. The molecule has 1 atom stereocenters. The van der Waals surface area contributed by atoms with Gasteiger partial charge in [-0.05, 0) is 29.7 Å². The Morgan fingerprint density at radius 1 is 1.41 bits per heavy atom. The Balaban J connectivity index is 1.47. The van der Waals surface area contributed by atoms with Crippen LogP contribution in [0.15, 0.2) is 4.34 Å². The number of thioether (sulfide) groups is 1. The zero-order valence-corrected chi connectivity index (χ0v) is 14.1. The lowest BCUT2D eigenvalue weighted by Crippen LogP contribution is -2.18. The molecule has 10 heteroatoms. The van der Waals surface area contributed by atoms with Crippen molar-refractivity contribution < 1.29 is 4.74 Å². The topological polar surface area (TPSA) is 90.6 Å². The summed E-state index contributed by atoms with van der Waals surface area (Å²) in [5.74, 6) is 1.57. The fraction of sp³-hybridized carbons (Fsp3) is 0.750. The lowest BCUT2D eigenvalue weighted by Gasteiger charge is -2.08. The molecule has 120 valence electrons. The number of aryl methyl sites for hydroxylation is 1. The van der Waals surface area contributed by atoms with Crippen LogP contribution in [0.3, 0.4) is 0 Å². The van der Waals surface area contributed by atoms with Crippen molar-refractivity contribution in [3.8, 4) is 0 Å². The highest BCUT2D eigenvalue weighted by Crippen LogP contribution is 2.28. The van der Waals surface area contributed by atoms with Gasteiger partial charge in [-0.3, -0.25) is 0 Å². The molecule has 0 spiro atoms. The number of ether oxygens (including phenoxy) is 1. The molecule has 0 bridgehead atoms. The summed E-state index contributed by atoms with van der Waals surface area (Å²) in [4.78, 5) is 0. The average Bonchev–Trinajstić information content (AvgIpc) is 3.26. The van der Waals surface area contributed by atoms with E-state index in [9.17, 15) is 0 Å². The van der Waals surface area contributed by atoms with Crippen molar-refractivity contribution in [2.75, 3.05) is 18.5 Å². The summed E-state index contributed by atoms with van der Waals surface area (Å²) in [6.45, 7) is 4.62. The van der Waals surface area contributed by atoms with E-state index in [1.54, 1.807) is 23.1 Å². The van der Waals surface area contributed by atoms with Gasteiger partial charge in [0.05, 0.1) is 11.9 Å². The quantitative estimate of drug-likeness (QED) is 0.727. The lowest BCUT2D eigenvalue weighted by molar-refractivity contribution is 0.120. The Morgan fingerprint density at radius 2 is 2.36 bits per heavy atom. The number of nitrogens with one attached hydrogen (secondary N) is 1. The van der Waals surface area contributed by atoms with E-state index in [0.29, 0.717) is 11.9 Å². The normalized spacial score (nSPS) is 18.0. The second-order valence-corrected chi connectivity index (χ2v) is 7.20. The molecular weight excluding hydrogens is 322 g/mol. The maximum Gasteiger partial charge on any atom is 0.206 e. The predicted molar refractivity (Wildman–Crippen MR) is 85.0 cm³/mol. The van der Waals surface area contributed by atoms with Gasteiger partial charge >= 0.3 is 0 Å². The summed E-state index contributed by atoms with van der Waals surface area (Å²) >= 11 is 3.16. The third-order valence-electron chi connectivity index (χ3n) is 3.28. The Bertz CT molecular complexity index is 582. The van der Waals surface area contributed by atoms with Crippen LogP contribution in [0.2, 0.25) is 0 Å². The number of nitrogens with zero attached hydrogens (tertiary/aromatic N) is 6. The van der Waals surface area contributed by atoms with Crippen molar-refractivity contribution in [2.45, 2.75) is 48.9 Å².